The first-order valence-electron chi connectivity index (χ1n) is 12.9. The Hall–Kier alpha value is -4.66. The van der Waals surface area contributed by atoms with Crippen molar-refractivity contribution >= 4 is 10.9 Å². The molecule has 39 heavy (non-hydrogen) atoms. The summed E-state index contributed by atoms with van der Waals surface area (Å²) in [5.41, 5.74) is 3.05. The molecule has 0 unspecified atom stereocenters. The van der Waals surface area contributed by atoms with Crippen LogP contribution in [0.5, 0.6) is 17.2 Å². The van der Waals surface area contributed by atoms with E-state index < -0.39 is 0 Å². The maximum absolute atomic E-state index is 12.7. The molecule has 0 radical (unpaired) electrons. The lowest BCUT2D eigenvalue weighted by molar-refractivity contribution is 0.309. The number of rotatable bonds is 12. The van der Waals surface area contributed by atoms with Gasteiger partial charge in [0.2, 0.25) is 0 Å². The molecular formula is C30H31N5O4. The number of fused-ring (bicyclic) bond motifs is 1. The lowest BCUT2D eigenvalue weighted by atomic mass is 10.1. The highest BCUT2D eigenvalue weighted by Crippen LogP contribution is 2.28. The highest BCUT2D eigenvalue weighted by atomic mass is 16.5. The molecule has 0 fully saturated rings. The SMILES string of the molecule is COc1ccc(CCn2c(=O)ccc3cc(OCCCc4nnnn4Cc4ccccc4)ccc32)cc1OC. The summed E-state index contributed by atoms with van der Waals surface area (Å²) in [6.07, 6.45) is 2.17. The largest absolute Gasteiger partial charge is 0.494 e. The van der Waals surface area contributed by atoms with Crippen molar-refractivity contribution in [3.63, 3.8) is 0 Å². The lowest BCUT2D eigenvalue weighted by Gasteiger charge is -2.13. The molecule has 9 heteroatoms. The zero-order valence-corrected chi connectivity index (χ0v) is 22.1. The minimum atomic E-state index is -0.0372. The number of ether oxygens (including phenoxy) is 3. The van der Waals surface area contributed by atoms with Crippen LogP contribution in [0.15, 0.2) is 83.7 Å². The normalized spacial score (nSPS) is 11.0. The van der Waals surface area contributed by atoms with Gasteiger partial charge in [-0.3, -0.25) is 4.79 Å². The molecule has 5 rings (SSSR count). The van der Waals surface area contributed by atoms with E-state index in [2.05, 4.69) is 27.7 Å². The number of pyridine rings is 1. The van der Waals surface area contributed by atoms with Gasteiger partial charge in [-0.1, -0.05) is 36.4 Å². The summed E-state index contributed by atoms with van der Waals surface area (Å²) in [6, 6.07) is 25.2. The van der Waals surface area contributed by atoms with Gasteiger partial charge in [-0.15, -0.1) is 5.10 Å². The van der Waals surface area contributed by atoms with Gasteiger partial charge in [0.05, 0.1) is 32.9 Å². The van der Waals surface area contributed by atoms with Crippen LogP contribution in [-0.2, 0) is 25.9 Å². The van der Waals surface area contributed by atoms with Crippen molar-refractivity contribution in [2.75, 3.05) is 20.8 Å². The number of tetrazole rings is 1. The molecule has 0 bridgehead atoms. The Kier molecular flexibility index (Phi) is 8.16. The Morgan fingerprint density at radius 3 is 2.49 bits per heavy atom. The van der Waals surface area contributed by atoms with Crippen LogP contribution in [0.4, 0.5) is 0 Å². The van der Waals surface area contributed by atoms with E-state index in [-0.39, 0.29) is 5.56 Å². The minimum absolute atomic E-state index is 0.0372. The standard InChI is InChI=1S/C30H31N5O4/c1-37-27-14-10-22(19-28(27)38-2)16-17-34-26-13-12-25(20-24(26)11-15-30(34)36)39-18-6-9-29-31-32-33-35(29)21-23-7-4-3-5-8-23/h3-5,7-8,10-15,19-20H,6,9,16-18,21H2,1-2H3. The summed E-state index contributed by atoms with van der Waals surface area (Å²) in [5.74, 6) is 2.95. The molecule has 0 saturated carbocycles. The third kappa shape index (κ3) is 6.26. The molecule has 200 valence electrons. The molecular weight excluding hydrogens is 494 g/mol. The van der Waals surface area contributed by atoms with Crippen LogP contribution < -0.4 is 19.8 Å². The van der Waals surface area contributed by atoms with Crippen molar-refractivity contribution in [3.8, 4) is 17.2 Å². The second kappa shape index (κ2) is 12.3. The molecule has 0 aliphatic rings. The van der Waals surface area contributed by atoms with E-state index in [0.29, 0.717) is 44.0 Å². The van der Waals surface area contributed by atoms with Gasteiger partial charge < -0.3 is 18.8 Å². The van der Waals surface area contributed by atoms with E-state index >= 15 is 0 Å². The average Bonchev–Trinajstić information content (AvgIpc) is 3.41. The molecule has 2 heterocycles. The zero-order chi connectivity index (χ0) is 27.0. The third-order valence-corrected chi connectivity index (χ3v) is 6.63. The van der Waals surface area contributed by atoms with Gasteiger partial charge in [0.25, 0.3) is 5.56 Å². The molecule has 2 aromatic heterocycles. The highest BCUT2D eigenvalue weighted by molar-refractivity contribution is 5.80. The van der Waals surface area contributed by atoms with E-state index in [4.69, 9.17) is 14.2 Å². The molecule has 0 N–H and O–H groups in total. The fourth-order valence-electron chi connectivity index (χ4n) is 4.58. The molecule has 0 aliphatic heterocycles. The molecule has 5 aromatic rings. The van der Waals surface area contributed by atoms with E-state index in [1.165, 1.54) is 0 Å². The first-order valence-corrected chi connectivity index (χ1v) is 12.9. The van der Waals surface area contributed by atoms with Crippen molar-refractivity contribution < 1.29 is 14.2 Å². The molecule has 9 nitrogen and oxygen atoms in total. The van der Waals surface area contributed by atoms with Crippen LogP contribution in [0, 0.1) is 0 Å². The van der Waals surface area contributed by atoms with Crippen molar-refractivity contribution in [2.45, 2.75) is 32.4 Å². The summed E-state index contributed by atoms with van der Waals surface area (Å²) in [4.78, 5) is 12.7. The summed E-state index contributed by atoms with van der Waals surface area (Å²) >= 11 is 0. The van der Waals surface area contributed by atoms with Gasteiger partial charge in [-0.2, -0.15) is 0 Å². The summed E-state index contributed by atoms with van der Waals surface area (Å²) in [7, 11) is 3.23. The van der Waals surface area contributed by atoms with Crippen LogP contribution in [0.1, 0.15) is 23.4 Å². The van der Waals surface area contributed by atoms with E-state index in [1.54, 1.807) is 24.9 Å². The van der Waals surface area contributed by atoms with Crippen LogP contribution in [0.3, 0.4) is 0 Å². The monoisotopic (exact) mass is 525 g/mol. The van der Waals surface area contributed by atoms with Crippen molar-refractivity contribution in [2.24, 2.45) is 0 Å². The molecule has 0 spiro atoms. The van der Waals surface area contributed by atoms with Crippen LogP contribution in [0.2, 0.25) is 0 Å². The van der Waals surface area contributed by atoms with Crippen LogP contribution in [-0.4, -0.2) is 45.6 Å². The summed E-state index contributed by atoms with van der Waals surface area (Å²) in [6.45, 7) is 1.72. The van der Waals surface area contributed by atoms with Gasteiger partial charge in [-0.25, -0.2) is 4.68 Å². The predicted octanol–water partition coefficient (Wildman–Crippen LogP) is 4.31. The predicted molar refractivity (Wildman–Crippen MR) is 149 cm³/mol. The molecule has 0 atom stereocenters. The Balaban J connectivity index is 1.20. The quantitative estimate of drug-likeness (QED) is 0.224. The maximum atomic E-state index is 12.7. The second-order valence-corrected chi connectivity index (χ2v) is 9.17. The maximum Gasteiger partial charge on any atom is 0.251 e. The fourth-order valence-corrected chi connectivity index (χ4v) is 4.58. The minimum Gasteiger partial charge on any atom is -0.494 e. The number of nitrogens with zero attached hydrogens (tertiary/aromatic N) is 5. The number of aromatic nitrogens is 5. The Morgan fingerprint density at radius 2 is 1.67 bits per heavy atom. The number of aryl methyl sites for hydroxylation is 3. The van der Waals surface area contributed by atoms with E-state index in [9.17, 15) is 4.79 Å². The molecule has 0 amide bonds. The van der Waals surface area contributed by atoms with Gasteiger partial charge in [0.1, 0.15) is 5.75 Å². The van der Waals surface area contributed by atoms with E-state index in [1.807, 2.05) is 65.3 Å². The highest BCUT2D eigenvalue weighted by Gasteiger charge is 2.09. The van der Waals surface area contributed by atoms with Crippen molar-refractivity contribution in [1.29, 1.82) is 0 Å². The molecule has 0 aliphatic carbocycles. The first-order chi connectivity index (χ1) is 19.1. The second-order valence-electron chi connectivity index (χ2n) is 9.17. The van der Waals surface area contributed by atoms with Crippen molar-refractivity contribution in [3.05, 3.63) is 106 Å². The van der Waals surface area contributed by atoms with Gasteiger partial charge >= 0.3 is 0 Å². The van der Waals surface area contributed by atoms with Crippen molar-refractivity contribution in [1.82, 2.24) is 24.8 Å². The van der Waals surface area contributed by atoms with Crippen LogP contribution in [0.25, 0.3) is 10.9 Å². The molecule has 0 saturated heterocycles. The smallest absolute Gasteiger partial charge is 0.251 e. The van der Waals surface area contributed by atoms with Gasteiger partial charge in [0, 0.05) is 24.4 Å². The average molecular weight is 526 g/mol. The molecule has 3 aromatic carbocycles. The van der Waals surface area contributed by atoms with Crippen LogP contribution >= 0.6 is 0 Å². The Bertz CT molecular complexity index is 1600. The fraction of sp³-hybridized carbons (Fsp3) is 0.267. The lowest BCUT2D eigenvalue weighted by Crippen LogP contribution is -2.20. The summed E-state index contributed by atoms with van der Waals surface area (Å²) in [5, 5.41) is 13.1. The van der Waals surface area contributed by atoms with Gasteiger partial charge in [0.15, 0.2) is 17.3 Å². The number of hydrogen-bond donors (Lipinski definition) is 0. The Morgan fingerprint density at radius 1 is 0.821 bits per heavy atom. The van der Waals surface area contributed by atoms with E-state index in [0.717, 1.165) is 40.0 Å². The summed E-state index contributed by atoms with van der Waals surface area (Å²) < 4.78 is 20.4. The zero-order valence-electron chi connectivity index (χ0n) is 22.1. The number of benzene rings is 3. The first kappa shape index (κ1) is 26.0. The van der Waals surface area contributed by atoms with Gasteiger partial charge in [-0.05, 0) is 70.8 Å². The number of hydrogen-bond acceptors (Lipinski definition) is 7. The number of methoxy groups -OCH3 is 2. The Labute approximate surface area is 226 Å². The third-order valence-electron chi connectivity index (χ3n) is 6.63. The topological polar surface area (TPSA) is 93.3 Å².